The van der Waals surface area contributed by atoms with E-state index in [1.165, 1.54) is 0 Å². The van der Waals surface area contributed by atoms with Crippen molar-refractivity contribution >= 4 is 6.01 Å². The lowest BCUT2D eigenvalue weighted by atomic mass is 10.4. The number of hydrogen-bond donors (Lipinski definition) is 3. The lowest BCUT2D eigenvalue weighted by Crippen LogP contribution is -2.30. The van der Waals surface area contributed by atoms with E-state index in [0.717, 1.165) is 0 Å². The van der Waals surface area contributed by atoms with E-state index in [1.807, 2.05) is 6.01 Å². The van der Waals surface area contributed by atoms with E-state index in [-0.39, 0.29) is 6.17 Å². The first kappa shape index (κ1) is 7.30. The predicted molar refractivity (Wildman–Crippen MR) is 31.8 cm³/mol. The van der Waals surface area contributed by atoms with Crippen molar-refractivity contribution in [3.8, 4) is 0 Å². The van der Waals surface area contributed by atoms with Crippen LogP contribution in [0.2, 0.25) is 0 Å². The molecule has 0 radical (unpaired) electrons. The van der Waals surface area contributed by atoms with E-state index < -0.39 is 0 Å². The molecule has 0 aliphatic heterocycles. The molecule has 8 heavy (non-hydrogen) atoms. The Kier molecular flexibility index (Phi) is 4.07. The highest BCUT2D eigenvalue weighted by Crippen LogP contribution is 1.77. The van der Waals surface area contributed by atoms with E-state index in [2.05, 4.69) is 4.99 Å². The van der Waals surface area contributed by atoms with Crippen molar-refractivity contribution in [2.75, 3.05) is 6.54 Å². The Bertz CT molecular complexity index is 92.2. The average molecular weight is 114 g/mol. The molecule has 46 valence electrons. The van der Waals surface area contributed by atoms with Gasteiger partial charge in [0, 0.05) is 0 Å². The lowest BCUT2D eigenvalue weighted by Gasteiger charge is -1.97. The van der Waals surface area contributed by atoms with Crippen molar-refractivity contribution in [1.82, 2.24) is 0 Å². The van der Waals surface area contributed by atoms with Gasteiger partial charge in [-0.1, -0.05) is 0 Å². The molecule has 0 aliphatic carbocycles. The molecule has 0 unspecified atom stereocenters. The molecular weight excluding hydrogens is 104 g/mol. The fourth-order valence-electron chi connectivity index (χ4n) is 0.270. The Morgan fingerprint density at radius 1 is 1.62 bits per heavy atom. The summed E-state index contributed by atoms with van der Waals surface area (Å²) in [5.74, 6) is 0. The van der Waals surface area contributed by atoms with Gasteiger partial charge in [-0.25, -0.2) is 10.4 Å². The molecule has 0 heterocycles. The van der Waals surface area contributed by atoms with Crippen LogP contribution >= 0.6 is 0 Å². The third-order valence-corrected chi connectivity index (χ3v) is 0.653. The van der Waals surface area contributed by atoms with Gasteiger partial charge in [0.25, 0.3) is 0 Å². The fraction of sp³-hybridized carbons (Fsp3) is 0.750. The van der Waals surface area contributed by atoms with Crippen LogP contribution in [0, 0.1) is 5.41 Å². The van der Waals surface area contributed by atoms with E-state index in [0.29, 0.717) is 13.0 Å². The van der Waals surface area contributed by atoms with Gasteiger partial charge in [0.1, 0.15) is 0 Å². The molecule has 0 aliphatic rings. The summed E-state index contributed by atoms with van der Waals surface area (Å²) in [6, 6.07) is 1.89. The molecule has 0 aromatic heterocycles. The van der Waals surface area contributed by atoms with Crippen LogP contribution in [-0.2, 0) is 0 Å². The lowest BCUT2D eigenvalue weighted by molar-refractivity contribution is 0.650. The first-order valence-corrected chi connectivity index (χ1v) is 2.36. The first-order chi connectivity index (χ1) is 3.77. The van der Waals surface area contributed by atoms with E-state index in [4.69, 9.17) is 16.9 Å². The van der Waals surface area contributed by atoms with Crippen LogP contribution in [0.3, 0.4) is 0 Å². The Morgan fingerprint density at radius 2 is 2.25 bits per heavy atom. The maximum atomic E-state index is 6.35. The second-order valence-electron chi connectivity index (χ2n) is 1.45. The number of hydrogen-bond acceptors (Lipinski definition) is 4. The minimum absolute atomic E-state index is 0.313. The van der Waals surface area contributed by atoms with Crippen LogP contribution in [0.15, 0.2) is 4.99 Å². The quantitative estimate of drug-likeness (QED) is 0.337. The molecule has 0 rings (SSSR count). The van der Waals surface area contributed by atoms with Gasteiger partial charge < -0.3 is 11.5 Å². The van der Waals surface area contributed by atoms with Crippen molar-refractivity contribution in [2.45, 2.75) is 12.6 Å². The number of nitrogens with two attached hydrogens (primary N) is 2. The molecule has 0 amide bonds. The van der Waals surface area contributed by atoms with E-state index >= 15 is 0 Å². The predicted octanol–water partition coefficient (Wildman–Crippen LogP) is -0.627. The van der Waals surface area contributed by atoms with Gasteiger partial charge in [0.2, 0.25) is 0 Å². The number of rotatable bonds is 3. The van der Waals surface area contributed by atoms with E-state index in [9.17, 15) is 0 Å². The standard InChI is InChI=1S/C4H10N4/c5-3-8-2-1-4(6)7/h4-5H,1-2,6-7H2. The maximum absolute atomic E-state index is 6.35. The van der Waals surface area contributed by atoms with Gasteiger partial charge >= 0.3 is 0 Å². The van der Waals surface area contributed by atoms with Gasteiger partial charge in [-0.05, 0) is 6.42 Å². The smallest absolute Gasteiger partial charge is 0.0861 e. The summed E-state index contributed by atoms with van der Waals surface area (Å²) in [6.45, 7) is 0.501. The molecule has 0 aromatic carbocycles. The summed E-state index contributed by atoms with van der Waals surface area (Å²) in [6.07, 6.45) is 0.304. The fourth-order valence-corrected chi connectivity index (χ4v) is 0.270. The van der Waals surface area contributed by atoms with Gasteiger partial charge in [-0.3, -0.25) is 0 Å². The van der Waals surface area contributed by atoms with Crippen LogP contribution < -0.4 is 11.5 Å². The van der Waals surface area contributed by atoms with Gasteiger partial charge in [-0.2, -0.15) is 0 Å². The summed E-state index contributed by atoms with van der Waals surface area (Å²) in [5.41, 5.74) is 10.3. The molecule has 0 bridgehead atoms. The molecule has 0 saturated carbocycles. The number of nitrogens with one attached hydrogen (secondary N) is 1. The minimum Gasteiger partial charge on any atom is -0.316 e. The maximum Gasteiger partial charge on any atom is 0.0861 e. The van der Waals surface area contributed by atoms with Crippen LogP contribution in [0.5, 0.6) is 0 Å². The molecular formula is C4H10N4. The monoisotopic (exact) mass is 114 g/mol. The zero-order valence-electron chi connectivity index (χ0n) is 4.59. The summed E-state index contributed by atoms with van der Waals surface area (Å²) in [7, 11) is 0. The molecule has 0 fully saturated rings. The summed E-state index contributed by atoms with van der Waals surface area (Å²) in [5, 5.41) is 6.35. The van der Waals surface area contributed by atoms with Crippen molar-refractivity contribution in [3.63, 3.8) is 0 Å². The number of nitrogens with zero attached hydrogens (tertiary/aromatic N) is 1. The highest BCUT2D eigenvalue weighted by atomic mass is 14.9. The Hall–Kier alpha value is -0.700. The Balaban J connectivity index is 3.05. The third-order valence-electron chi connectivity index (χ3n) is 0.653. The van der Waals surface area contributed by atoms with Crippen molar-refractivity contribution in [2.24, 2.45) is 16.5 Å². The zero-order valence-corrected chi connectivity index (χ0v) is 4.59. The minimum atomic E-state index is -0.313. The third kappa shape index (κ3) is 5.30. The van der Waals surface area contributed by atoms with Gasteiger partial charge in [0.05, 0.1) is 18.7 Å². The van der Waals surface area contributed by atoms with Gasteiger partial charge in [-0.15, -0.1) is 0 Å². The van der Waals surface area contributed by atoms with Crippen LogP contribution in [-0.4, -0.2) is 18.7 Å². The Morgan fingerprint density at radius 3 is 2.62 bits per heavy atom. The normalized spacial score (nSPS) is 8.88. The average Bonchev–Trinajstić information content (AvgIpc) is 1.66. The second kappa shape index (κ2) is 4.46. The summed E-state index contributed by atoms with van der Waals surface area (Å²) in [4.78, 5) is 3.47. The largest absolute Gasteiger partial charge is 0.316 e. The van der Waals surface area contributed by atoms with Crippen molar-refractivity contribution in [1.29, 1.82) is 5.41 Å². The molecule has 0 saturated heterocycles. The molecule has 0 atom stereocenters. The second-order valence-corrected chi connectivity index (χ2v) is 1.45. The topological polar surface area (TPSA) is 88.2 Å². The summed E-state index contributed by atoms with van der Waals surface area (Å²) >= 11 is 0. The highest BCUT2D eigenvalue weighted by molar-refractivity contribution is 5.35. The zero-order chi connectivity index (χ0) is 6.41. The first-order valence-electron chi connectivity index (χ1n) is 2.36. The molecule has 5 N–H and O–H groups in total. The van der Waals surface area contributed by atoms with Crippen LogP contribution in [0.25, 0.3) is 0 Å². The molecule has 4 nitrogen and oxygen atoms in total. The molecule has 0 spiro atoms. The number of aliphatic imine (C=N–C) groups is 1. The highest BCUT2D eigenvalue weighted by Gasteiger charge is 1.88. The SMILES string of the molecule is N=C=NCCC(N)N. The molecule has 4 heteroatoms. The van der Waals surface area contributed by atoms with Crippen LogP contribution in [0.1, 0.15) is 6.42 Å². The van der Waals surface area contributed by atoms with Crippen molar-refractivity contribution in [3.05, 3.63) is 0 Å². The summed E-state index contributed by atoms with van der Waals surface area (Å²) < 4.78 is 0. The Labute approximate surface area is 48.1 Å². The molecule has 0 aromatic rings. The van der Waals surface area contributed by atoms with Crippen LogP contribution in [0.4, 0.5) is 0 Å². The van der Waals surface area contributed by atoms with Crippen molar-refractivity contribution < 1.29 is 0 Å². The van der Waals surface area contributed by atoms with Gasteiger partial charge in [0.15, 0.2) is 0 Å². The van der Waals surface area contributed by atoms with E-state index in [1.54, 1.807) is 0 Å².